The number of hydrogen-bond donors (Lipinski definition) is 1. The van der Waals surface area contributed by atoms with Crippen molar-refractivity contribution in [3.63, 3.8) is 0 Å². The number of aromatic amines is 1. The number of rotatable bonds is 8. The summed E-state index contributed by atoms with van der Waals surface area (Å²) >= 11 is 8.95. The van der Waals surface area contributed by atoms with Crippen molar-refractivity contribution in [3.05, 3.63) is 80.7 Å². The summed E-state index contributed by atoms with van der Waals surface area (Å²) in [7, 11) is 1.67. The van der Waals surface area contributed by atoms with Crippen LogP contribution < -0.4 is 5.56 Å². The Morgan fingerprint density at radius 1 is 1.14 bits per heavy atom. The van der Waals surface area contributed by atoms with Gasteiger partial charge in [0.25, 0.3) is 5.56 Å². The van der Waals surface area contributed by atoms with E-state index in [0.717, 1.165) is 33.2 Å². The third kappa shape index (κ3) is 5.04. The number of halogens is 1. The maximum atomic E-state index is 13.0. The Bertz CT molecular complexity index is 1540. The highest BCUT2D eigenvalue weighted by atomic mass is 35.5. The first kappa shape index (κ1) is 23.7. The van der Waals surface area contributed by atoms with Crippen LogP contribution in [0.3, 0.4) is 0 Å². The maximum Gasteiger partial charge on any atom is 0.260 e. The number of hydrogen-bond acceptors (Lipinski definition) is 7. The van der Waals surface area contributed by atoms with Crippen LogP contribution in [0, 0.1) is 6.92 Å². The Balaban J connectivity index is 1.42. The number of nitrogens with zero attached hydrogens (tertiary/aromatic N) is 4. The molecule has 1 N–H and O–H groups in total. The van der Waals surface area contributed by atoms with Gasteiger partial charge >= 0.3 is 0 Å². The van der Waals surface area contributed by atoms with Crippen LogP contribution in [0.15, 0.2) is 63.9 Å². The van der Waals surface area contributed by atoms with Gasteiger partial charge in [-0.05, 0) is 30.7 Å². The van der Waals surface area contributed by atoms with E-state index in [9.17, 15) is 4.79 Å². The lowest BCUT2D eigenvalue weighted by molar-refractivity contribution is 0.185. The number of thioether (sulfide) groups is 1. The standard InChI is InChI=1S/C25H22ClN5O2S2/c1-15-4-3-5-17(12-15)22-29-30-25(31(22)10-11-33-2)35-14-20-27-23(32)21-19(13-34-24(21)28-20)16-6-8-18(26)9-7-16/h3-9,12-13H,10-11,14H2,1-2H3,(H,27,28,32). The van der Waals surface area contributed by atoms with Crippen LogP contribution in [0.1, 0.15) is 11.4 Å². The molecule has 3 heterocycles. The highest BCUT2D eigenvalue weighted by Crippen LogP contribution is 2.32. The smallest absolute Gasteiger partial charge is 0.260 e. The number of aromatic nitrogens is 5. The monoisotopic (exact) mass is 523 g/mol. The van der Waals surface area contributed by atoms with Crippen molar-refractivity contribution in [2.75, 3.05) is 13.7 Å². The minimum Gasteiger partial charge on any atom is -0.383 e. The van der Waals surface area contributed by atoms with Gasteiger partial charge in [0.05, 0.1) is 24.3 Å². The normalized spacial score (nSPS) is 11.4. The highest BCUT2D eigenvalue weighted by molar-refractivity contribution is 7.98. The molecule has 0 unspecified atom stereocenters. The Hall–Kier alpha value is -2.98. The van der Waals surface area contributed by atoms with E-state index >= 15 is 0 Å². The Kier molecular flexibility index (Phi) is 7.01. The second-order valence-corrected chi connectivity index (χ2v) is 10.2. The lowest BCUT2D eigenvalue weighted by Gasteiger charge is -2.10. The van der Waals surface area contributed by atoms with Crippen LogP contribution in [-0.4, -0.2) is 38.4 Å². The highest BCUT2D eigenvalue weighted by Gasteiger charge is 2.17. The van der Waals surface area contributed by atoms with Crippen LogP contribution in [0.5, 0.6) is 0 Å². The molecule has 0 aliphatic rings. The van der Waals surface area contributed by atoms with Gasteiger partial charge in [0.1, 0.15) is 10.7 Å². The molecule has 2 aromatic carbocycles. The summed E-state index contributed by atoms with van der Waals surface area (Å²) in [5.74, 6) is 1.84. The molecule has 0 radical (unpaired) electrons. The zero-order chi connectivity index (χ0) is 24.4. The third-order valence-electron chi connectivity index (χ3n) is 5.50. The molecule has 0 saturated heterocycles. The van der Waals surface area contributed by atoms with E-state index in [1.54, 1.807) is 7.11 Å². The number of ether oxygens (including phenoxy) is 1. The average Bonchev–Trinajstić information content (AvgIpc) is 3.46. The zero-order valence-electron chi connectivity index (χ0n) is 19.1. The molecule has 35 heavy (non-hydrogen) atoms. The topological polar surface area (TPSA) is 85.7 Å². The molecule has 0 fully saturated rings. The van der Waals surface area contributed by atoms with Crippen molar-refractivity contribution in [2.24, 2.45) is 0 Å². The quantitative estimate of drug-likeness (QED) is 0.258. The predicted molar refractivity (Wildman–Crippen MR) is 142 cm³/mol. The van der Waals surface area contributed by atoms with E-state index in [4.69, 9.17) is 21.3 Å². The molecule has 7 nitrogen and oxygen atoms in total. The number of benzene rings is 2. The average molecular weight is 524 g/mol. The molecule has 0 amide bonds. The molecule has 178 valence electrons. The summed E-state index contributed by atoms with van der Waals surface area (Å²) < 4.78 is 7.35. The van der Waals surface area contributed by atoms with Gasteiger partial charge in [0.15, 0.2) is 11.0 Å². The van der Waals surface area contributed by atoms with Gasteiger partial charge in [-0.15, -0.1) is 21.5 Å². The summed E-state index contributed by atoms with van der Waals surface area (Å²) in [5, 5.41) is 12.8. The van der Waals surface area contributed by atoms with E-state index in [1.165, 1.54) is 23.1 Å². The van der Waals surface area contributed by atoms with Crippen molar-refractivity contribution >= 4 is 44.9 Å². The molecule has 3 aromatic heterocycles. The lowest BCUT2D eigenvalue weighted by atomic mass is 10.1. The van der Waals surface area contributed by atoms with Crippen molar-refractivity contribution in [1.29, 1.82) is 0 Å². The predicted octanol–water partition coefficient (Wildman–Crippen LogP) is 5.81. The fraction of sp³-hybridized carbons (Fsp3) is 0.200. The molecular formula is C25H22ClN5O2S2. The summed E-state index contributed by atoms with van der Waals surface area (Å²) in [5.41, 5.74) is 3.79. The first-order valence-electron chi connectivity index (χ1n) is 10.9. The Morgan fingerprint density at radius 2 is 1.97 bits per heavy atom. The molecule has 5 aromatic rings. The number of thiophene rings is 1. The van der Waals surface area contributed by atoms with Gasteiger partial charge < -0.3 is 9.72 Å². The van der Waals surface area contributed by atoms with Crippen LogP contribution in [0.25, 0.3) is 32.7 Å². The van der Waals surface area contributed by atoms with E-state index < -0.39 is 0 Å². The Labute approximate surface area is 215 Å². The van der Waals surface area contributed by atoms with Crippen LogP contribution >= 0.6 is 34.7 Å². The fourth-order valence-electron chi connectivity index (χ4n) is 3.81. The van der Waals surface area contributed by atoms with Crippen LogP contribution in [0.2, 0.25) is 5.02 Å². The van der Waals surface area contributed by atoms with Gasteiger partial charge in [0.2, 0.25) is 0 Å². The molecule has 0 atom stereocenters. The summed E-state index contributed by atoms with van der Waals surface area (Å²) in [6.45, 7) is 3.21. The van der Waals surface area contributed by atoms with Gasteiger partial charge in [0, 0.05) is 28.6 Å². The summed E-state index contributed by atoms with van der Waals surface area (Å²) in [6, 6.07) is 15.6. The van der Waals surface area contributed by atoms with Gasteiger partial charge in [-0.2, -0.15) is 0 Å². The summed E-state index contributed by atoms with van der Waals surface area (Å²) in [6.07, 6.45) is 0. The molecule has 0 spiro atoms. The van der Waals surface area contributed by atoms with E-state index in [2.05, 4.69) is 34.2 Å². The molecule has 0 aliphatic carbocycles. The first-order chi connectivity index (χ1) is 17.0. The van der Waals surface area contributed by atoms with Crippen molar-refractivity contribution in [2.45, 2.75) is 24.4 Å². The van der Waals surface area contributed by atoms with Crippen molar-refractivity contribution in [1.82, 2.24) is 24.7 Å². The summed E-state index contributed by atoms with van der Waals surface area (Å²) in [4.78, 5) is 21.4. The largest absolute Gasteiger partial charge is 0.383 e. The third-order valence-corrected chi connectivity index (χ3v) is 7.60. The van der Waals surface area contributed by atoms with Crippen molar-refractivity contribution in [3.8, 4) is 22.5 Å². The molecule has 10 heteroatoms. The molecule has 5 rings (SSSR count). The number of methoxy groups -OCH3 is 1. The minimum absolute atomic E-state index is 0.155. The Morgan fingerprint density at radius 3 is 2.74 bits per heavy atom. The van der Waals surface area contributed by atoms with Gasteiger partial charge in [-0.1, -0.05) is 59.3 Å². The lowest BCUT2D eigenvalue weighted by Crippen LogP contribution is -2.11. The van der Waals surface area contributed by atoms with Gasteiger partial charge in [-0.25, -0.2) is 4.98 Å². The molecular weight excluding hydrogens is 502 g/mol. The van der Waals surface area contributed by atoms with E-state index in [1.807, 2.05) is 46.3 Å². The zero-order valence-corrected chi connectivity index (χ0v) is 21.5. The molecule has 0 bridgehead atoms. The number of H-pyrrole nitrogens is 1. The maximum absolute atomic E-state index is 13.0. The van der Waals surface area contributed by atoms with Crippen molar-refractivity contribution < 1.29 is 4.74 Å². The van der Waals surface area contributed by atoms with Gasteiger partial charge in [-0.3, -0.25) is 9.36 Å². The second kappa shape index (κ2) is 10.3. The SMILES string of the molecule is COCCn1c(SCc2nc3scc(-c4ccc(Cl)cc4)c3c(=O)[nH]2)nnc1-c1cccc(C)c1. The number of nitrogens with one attached hydrogen (secondary N) is 1. The number of fused-ring (bicyclic) bond motifs is 1. The first-order valence-corrected chi connectivity index (χ1v) is 13.2. The minimum atomic E-state index is -0.155. The van der Waals surface area contributed by atoms with E-state index in [-0.39, 0.29) is 5.56 Å². The van der Waals surface area contributed by atoms with E-state index in [0.29, 0.717) is 40.0 Å². The fourth-order valence-corrected chi connectivity index (χ4v) is 5.74. The molecule has 0 aliphatic heterocycles. The van der Waals surface area contributed by atoms with Crippen LogP contribution in [0.4, 0.5) is 0 Å². The second-order valence-electron chi connectivity index (χ2n) is 7.96. The van der Waals surface area contributed by atoms with Crippen LogP contribution in [-0.2, 0) is 17.0 Å². The molecule has 0 saturated carbocycles. The number of aryl methyl sites for hydroxylation is 1.